The molecule has 0 fully saturated rings. The number of anilines is 1. The average Bonchev–Trinajstić information content (AvgIpc) is 2.99. The van der Waals surface area contributed by atoms with E-state index in [4.69, 9.17) is 0 Å². The summed E-state index contributed by atoms with van der Waals surface area (Å²) in [6.07, 6.45) is 3.47. The molecule has 0 aliphatic carbocycles. The largest absolute Gasteiger partial charge is 0.330 e. The van der Waals surface area contributed by atoms with Crippen LogP contribution in [0.25, 0.3) is 0 Å². The third-order valence-corrected chi connectivity index (χ3v) is 4.05. The van der Waals surface area contributed by atoms with E-state index in [1.54, 1.807) is 24.7 Å². The van der Waals surface area contributed by atoms with Crippen molar-refractivity contribution in [2.75, 3.05) is 4.90 Å². The normalized spacial score (nSPS) is 14.2. The van der Waals surface area contributed by atoms with E-state index in [-0.39, 0.29) is 6.04 Å². The molecule has 5 nitrogen and oxygen atoms in total. The van der Waals surface area contributed by atoms with E-state index in [1.807, 2.05) is 24.5 Å². The van der Waals surface area contributed by atoms with Gasteiger partial charge in [0.15, 0.2) is 0 Å². The van der Waals surface area contributed by atoms with E-state index in [0.717, 1.165) is 10.2 Å². The van der Waals surface area contributed by atoms with Gasteiger partial charge in [0, 0.05) is 16.7 Å². The minimum Gasteiger partial charge on any atom is -0.330 e. The number of nitrogens with zero attached hydrogens (tertiary/aromatic N) is 3. The second-order valence-corrected chi connectivity index (χ2v) is 6.18. The number of carbonyl (C=O) groups excluding carboxylic acids is 2. The monoisotopic (exact) mass is 347 g/mol. The number of aromatic nitrogens is 2. The lowest BCUT2D eigenvalue weighted by molar-refractivity contribution is -0.114. The highest BCUT2D eigenvalue weighted by Gasteiger charge is 2.36. The van der Waals surface area contributed by atoms with E-state index >= 15 is 0 Å². The Labute approximate surface area is 130 Å². The molecule has 1 aliphatic heterocycles. The fourth-order valence-corrected chi connectivity index (χ4v) is 2.87. The SMILES string of the molecule is CC(C)n1cncc1CN1C(=O)C(=O)c2cc(Br)ccc21. The Hall–Kier alpha value is -1.95. The van der Waals surface area contributed by atoms with Gasteiger partial charge < -0.3 is 4.57 Å². The standard InChI is InChI=1S/C15H14BrN3O2/c1-9(2)19-8-17-6-11(19)7-18-13-4-3-10(16)5-12(13)14(20)15(18)21/h3-6,8-9H,7H2,1-2H3. The van der Waals surface area contributed by atoms with Gasteiger partial charge in [0.2, 0.25) is 0 Å². The number of fused-ring (bicyclic) bond motifs is 1. The van der Waals surface area contributed by atoms with Crippen molar-refractivity contribution in [2.24, 2.45) is 0 Å². The van der Waals surface area contributed by atoms with Crippen molar-refractivity contribution >= 4 is 33.3 Å². The number of rotatable bonds is 3. The highest BCUT2D eigenvalue weighted by Crippen LogP contribution is 2.32. The van der Waals surface area contributed by atoms with Crippen LogP contribution in [-0.2, 0) is 11.3 Å². The molecule has 0 atom stereocenters. The summed E-state index contributed by atoms with van der Waals surface area (Å²) in [5.41, 5.74) is 2.01. The molecule has 0 spiro atoms. The lowest BCUT2D eigenvalue weighted by Crippen LogP contribution is -2.30. The van der Waals surface area contributed by atoms with Crippen LogP contribution < -0.4 is 4.90 Å². The predicted octanol–water partition coefficient (Wildman–Crippen LogP) is 2.96. The van der Waals surface area contributed by atoms with Crippen LogP contribution >= 0.6 is 15.9 Å². The zero-order chi connectivity index (χ0) is 15.1. The Balaban J connectivity index is 1.99. The smallest absolute Gasteiger partial charge is 0.299 e. The van der Waals surface area contributed by atoms with Gasteiger partial charge >= 0.3 is 0 Å². The summed E-state index contributed by atoms with van der Waals surface area (Å²) in [4.78, 5) is 29.9. The van der Waals surface area contributed by atoms with Gasteiger partial charge in [-0.3, -0.25) is 14.5 Å². The minimum atomic E-state index is -0.486. The van der Waals surface area contributed by atoms with Crippen LogP contribution in [0.3, 0.4) is 0 Å². The number of imidazole rings is 1. The Morgan fingerprint density at radius 3 is 2.76 bits per heavy atom. The number of carbonyl (C=O) groups is 2. The lowest BCUT2D eigenvalue weighted by Gasteiger charge is -2.19. The van der Waals surface area contributed by atoms with Crippen LogP contribution in [0.4, 0.5) is 5.69 Å². The molecule has 6 heteroatoms. The van der Waals surface area contributed by atoms with Gasteiger partial charge in [-0.25, -0.2) is 4.98 Å². The predicted molar refractivity (Wildman–Crippen MR) is 82.3 cm³/mol. The van der Waals surface area contributed by atoms with E-state index < -0.39 is 11.7 Å². The fourth-order valence-electron chi connectivity index (χ4n) is 2.51. The van der Waals surface area contributed by atoms with Gasteiger partial charge in [0.05, 0.1) is 29.8 Å². The van der Waals surface area contributed by atoms with Crippen molar-refractivity contribution in [1.82, 2.24) is 9.55 Å². The fraction of sp³-hybridized carbons (Fsp3) is 0.267. The van der Waals surface area contributed by atoms with Crippen molar-refractivity contribution in [3.63, 3.8) is 0 Å². The number of amides is 1. The van der Waals surface area contributed by atoms with Crippen LogP contribution in [0.1, 0.15) is 35.9 Å². The molecule has 108 valence electrons. The van der Waals surface area contributed by atoms with Crippen molar-refractivity contribution in [3.05, 3.63) is 46.5 Å². The Bertz CT molecular complexity index is 736. The van der Waals surface area contributed by atoms with Crippen LogP contribution in [0.15, 0.2) is 35.2 Å². The van der Waals surface area contributed by atoms with Crippen molar-refractivity contribution in [3.8, 4) is 0 Å². The van der Waals surface area contributed by atoms with Crippen LogP contribution in [0.2, 0.25) is 0 Å². The maximum absolute atomic E-state index is 12.2. The first-order valence-electron chi connectivity index (χ1n) is 6.65. The highest BCUT2D eigenvalue weighted by atomic mass is 79.9. The number of hydrogen-bond acceptors (Lipinski definition) is 3. The lowest BCUT2D eigenvalue weighted by atomic mass is 10.1. The summed E-state index contributed by atoms with van der Waals surface area (Å²) in [6, 6.07) is 5.56. The average molecular weight is 348 g/mol. The molecule has 1 aromatic heterocycles. The van der Waals surface area contributed by atoms with Gasteiger partial charge in [-0.1, -0.05) is 15.9 Å². The Kier molecular flexibility index (Phi) is 3.41. The molecule has 2 aromatic rings. The molecule has 1 aromatic carbocycles. The van der Waals surface area contributed by atoms with Crippen molar-refractivity contribution in [2.45, 2.75) is 26.4 Å². The Morgan fingerprint density at radius 2 is 2.05 bits per heavy atom. The van der Waals surface area contributed by atoms with Gasteiger partial charge in [0.1, 0.15) is 0 Å². The summed E-state index contributed by atoms with van der Waals surface area (Å²) >= 11 is 3.33. The first-order valence-corrected chi connectivity index (χ1v) is 7.45. The first-order chi connectivity index (χ1) is 9.99. The molecule has 0 unspecified atom stereocenters. The van der Waals surface area contributed by atoms with Crippen LogP contribution in [-0.4, -0.2) is 21.2 Å². The molecule has 2 heterocycles. The Morgan fingerprint density at radius 1 is 1.29 bits per heavy atom. The van der Waals surface area contributed by atoms with Crippen LogP contribution in [0.5, 0.6) is 0 Å². The molecule has 3 rings (SSSR count). The van der Waals surface area contributed by atoms with E-state index in [2.05, 4.69) is 20.9 Å². The van der Waals surface area contributed by atoms with E-state index in [0.29, 0.717) is 17.8 Å². The molecule has 0 N–H and O–H groups in total. The molecule has 0 saturated carbocycles. The maximum atomic E-state index is 12.2. The van der Waals surface area contributed by atoms with Crippen molar-refractivity contribution < 1.29 is 9.59 Å². The highest BCUT2D eigenvalue weighted by molar-refractivity contribution is 9.10. The summed E-state index contributed by atoms with van der Waals surface area (Å²) in [7, 11) is 0. The number of benzene rings is 1. The molecule has 0 saturated heterocycles. The second-order valence-electron chi connectivity index (χ2n) is 5.27. The molecule has 0 radical (unpaired) electrons. The maximum Gasteiger partial charge on any atom is 0.299 e. The van der Waals surface area contributed by atoms with Gasteiger partial charge in [-0.15, -0.1) is 0 Å². The number of Topliss-reactive ketones (excluding diaryl/α,β-unsaturated/α-hetero) is 1. The number of halogens is 1. The molecular weight excluding hydrogens is 334 g/mol. The van der Waals surface area contributed by atoms with Crippen molar-refractivity contribution in [1.29, 1.82) is 0 Å². The molecular formula is C15H14BrN3O2. The summed E-state index contributed by atoms with van der Waals surface area (Å²) < 4.78 is 2.78. The topological polar surface area (TPSA) is 55.2 Å². The van der Waals surface area contributed by atoms with Gasteiger partial charge in [-0.05, 0) is 32.0 Å². The first kappa shape index (κ1) is 14.0. The van der Waals surface area contributed by atoms with E-state index in [9.17, 15) is 9.59 Å². The van der Waals surface area contributed by atoms with Crippen LogP contribution in [0, 0.1) is 0 Å². The summed E-state index contributed by atoms with van der Waals surface area (Å²) in [6.45, 7) is 4.44. The van der Waals surface area contributed by atoms with E-state index in [1.165, 1.54) is 4.90 Å². The zero-order valence-corrected chi connectivity index (χ0v) is 13.3. The molecule has 0 bridgehead atoms. The third-order valence-electron chi connectivity index (χ3n) is 3.56. The third kappa shape index (κ3) is 2.29. The molecule has 1 aliphatic rings. The summed E-state index contributed by atoms with van der Waals surface area (Å²) in [5, 5.41) is 0. The number of hydrogen-bond donors (Lipinski definition) is 0. The van der Waals surface area contributed by atoms with Gasteiger partial charge in [0.25, 0.3) is 11.7 Å². The minimum absolute atomic E-state index is 0.250. The quantitative estimate of drug-likeness (QED) is 0.802. The second kappa shape index (κ2) is 5.11. The number of ketones is 1. The zero-order valence-electron chi connectivity index (χ0n) is 11.7. The van der Waals surface area contributed by atoms with Gasteiger partial charge in [-0.2, -0.15) is 0 Å². The molecule has 1 amide bonds. The summed E-state index contributed by atoms with van der Waals surface area (Å²) in [5.74, 6) is -0.943. The molecule has 21 heavy (non-hydrogen) atoms.